The molecule has 16 heavy (non-hydrogen) atoms. The smallest absolute Gasteiger partial charge is 0.141 e. The first kappa shape index (κ1) is 10.6. The largest absolute Gasteiger partial charge is 0.303 e. The molecule has 0 bridgehead atoms. The number of rotatable bonds is 5. The van der Waals surface area contributed by atoms with Gasteiger partial charge in [0.05, 0.1) is 12.2 Å². The Morgan fingerprint density at radius 1 is 1.69 bits per heavy atom. The van der Waals surface area contributed by atoms with Gasteiger partial charge in [-0.2, -0.15) is 10.2 Å². The summed E-state index contributed by atoms with van der Waals surface area (Å²) in [4.78, 5) is 4.08. The van der Waals surface area contributed by atoms with E-state index in [2.05, 4.69) is 32.2 Å². The van der Waals surface area contributed by atoms with Crippen LogP contribution in [0.2, 0.25) is 0 Å². The van der Waals surface area contributed by atoms with Crippen molar-refractivity contribution in [3.63, 3.8) is 0 Å². The number of nitrogens with one attached hydrogen (secondary N) is 2. The molecule has 0 saturated carbocycles. The van der Waals surface area contributed by atoms with Crippen molar-refractivity contribution in [2.45, 2.75) is 19.5 Å². The number of aromatic nitrogens is 5. The van der Waals surface area contributed by atoms with E-state index in [1.807, 2.05) is 19.3 Å². The van der Waals surface area contributed by atoms with Crippen molar-refractivity contribution < 1.29 is 0 Å². The molecule has 0 aliphatic heterocycles. The third-order valence-corrected chi connectivity index (χ3v) is 2.30. The lowest BCUT2D eigenvalue weighted by Gasteiger charge is -2.09. The van der Waals surface area contributed by atoms with Crippen LogP contribution in [0.5, 0.6) is 0 Å². The van der Waals surface area contributed by atoms with E-state index in [4.69, 9.17) is 0 Å². The van der Waals surface area contributed by atoms with Crippen LogP contribution in [0.25, 0.3) is 6.20 Å². The lowest BCUT2D eigenvalue weighted by molar-refractivity contribution is 0.548. The van der Waals surface area contributed by atoms with Crippen LogP contribution in [0.4, 0.5) is 0 Å². The monoisotopic (exact) mass is 218 g/mol. The van der Waals surface area contributed by atoms with Gasteiger partial charge in [-0.3, -0.25) is 5.10 Å². The molecule has 84 valence electrons. The molecule has 0 aromatic carbocycles. The summed E-state index contributed by atoms with van der Waals surface area (Å²) in [5.41, 5.74) is 1.10. The van der Waals surface area contributed by atoms with Crippen molar-refractivity contribution in [3.05, 3.63) is 36.7 Å². The lowest BCUT2D eigenvalue weighted by atomic mass is 10.3. The fourth-order valence-electron chi connectivity index (χ4n) is 1.36. The summed E-state index contributed by atoms with van der Waals surface area (Å²) in [6.07, 6.45) is 6.89. The quantitative estimate of drug-likeness (QED) is 0.784. The maximum absolute atomic E-state index is 4.10. The number of H-pyrrole nitrogens is 1. The van der Waals surface area contributed by atoms with Gasteiger partial charge in [0.25, 0.3) is 0 Å². The van der Waals surface area contributed by atoms with Gasteiger partial charge in [-0.25, -0.2) is 9.67 Å². The fraction of sp³-hybridized carbons (Fsp3) is 0.300. The lowest BCUT2D eigenvalue weighted by Crippen LogP contribution is -2.18. The highest BCUT2D eigenvalue weighted by molar-refractivity contribution is 5.17. The van der Waals surface area contributed by atoms with E-state index in [9.17, 15) is 0 Å². The van der Waals surface area contributed by atoms with Gasteiger partial charge in [-0.15, -0.1) is 0 Å². The zero-order valence-electron chi connectivity index (χ0n) is 9.09. The molecule has 1 atom stereocenters. The van der Waals surface area contributed by atoms with Crippen LogP contribution < -0.4 is 5.32 Å². The van der Waals surface area contributed by atoms with Crippen LogP contribution in [0.1, 0.15) is 24.4 Å². The minimum atomic E-state index is 0.134. The standard InChI is InChI=1S/C10H14N6/c1-3-16-6-9(5-14-16)4-11-8(2)10-12-7-13-15-10/h3,5-8,11H,1,4H2,2H3,(H,12,13,15). The SMILES string of the molecule is C=Cn1cc(CNC(C)c2ncn[nH]2)cn1. The minimum absolute atomic E-state index is 0.134. The second kappa shape index (κ2) is 4.71. The second-order valence-corrected chi connectivity index (χ2v) is 3.48. The van der Waals surface area contributed by atoms with Crippen LogP contribution in [-0.2, 0) is 6.54 Å². The van der Waals surface area contributed by atoms with Gasteiger partial charge in [0.15, 0.2) is 0 Å². The van der Waals surface area contributed by atoms with Crippen LogP contribution >= 0.6 is 0 Å². The fourth-order valence-corrected chi connectivity index (χ4v) is 1.36. The molecule has 6 nitrogen and oxygen atoms in total. The highest BCUT2D eigenvalue weighted by Gasteiger charge is 2.07. The summed E-state index contributed by atoms with van der Waals surface area (Å²) < 4.78 is 1.68. The van der Waals surface area contributed by atoms with Crippen LogP contribution in [0, 0.1) is 0 Å². The van der Waals surface area contributed by atoms with Crippen molar-refractivity contribution in [3.8, 4) is 0 Å². The molecule has 0 aliphatic carbocycles. The van der Waals surface area contributed by atoms with Crippen molar-refractivity contribution in [1.29, 1.82) is 0 Å². The van der Waals surface area contributed by atoms with Gasteiger partial charge in [-0.05, 0) is 6.92 Å². The van der Waals surface area contributed by atoms with Crippen LogP contribution in [0.3, 0.4) is 0 Å². The average Bonchev–Trinajstić information content (AvgIpc) is 2.96. The van der Waals surface area contributed by atoms with E-state index >= 15 is 0 Å². The Kier molecular flexibility index (Phi) is 3.11. The number of hydrogen-bond donors (Lipinski definition) is 2. The molecule has 0 saturated heterocycles. The van der Waals surface area contributed by atoms with Crippen molar-refractivity contribution in [2.24, 2.45) is 0 Å². The van der Waals surface area contributed by atoms with E-state index in [-0.39, 0.29) is 6.04 Å². The molecular weight excluding hydrogens is 204 g/mol. The van der Waals surface area contributed by atoms with Crippen molar-refractivity contribution in [1.82, 2.24) is 30.3 Å². The van der Waals surface area contributed by atoms with Crippen molar-refractivity contribution in [2.75, 3.05) is 0 Å². The summed E-state index contributed by atoms with van der Waals surface area (Å²) >= 11 is 0. The van der Waals surface area contributed by atoms with Gasteiger partial charge >= 0.3 is 0 Å². The Labute approximate surface area is 93.4 Å². The minimum Gasteiger partial charge on any atom is -0.303 e. The number of nitrogens with zero attached hydrogens (tertiary/aromatic N) is 4. The third-order valence-electron chi connectivity index (χ3n) is 2.30. The molecule has 2 heterocycles. The summed E-state index contributed by atoms with van der Waals surface area (Å²) in [5, 5.41) is 14.1. The normalized spacial score (nSPS) is 12.6. The molecule has 0 fully saturated rings. The summed E-state index contributed by atoms with van der Waals surface area (Å²) in [7, 11) is 0. The Morgan fingerprint density at radius 3 is 3.19 bits per heavy atom. The van der Waals surface area contributed by atoms with Crippen LogP contribution in [-0.4, -0.2) is 25.0 Å². The van der Waals surface area contributed by atoms with Crippen LogP contribution in [0.15, 0.2) is 25.3 Å². The highest BCUT2D eigenvalue weighted by atomic mass is 15.2. The van der Waals surface area contributed by atoms with E-state index in [1.54, 1.807) is 10.9 Å². The molecule has 0 radical (unpaired) electrons. The topological polar surface area (TPSA) is 71.4 Å². The van der Waals surface area contributed by atoms with Gasteiger partial charge in [0.1, 0.15) is 12.2 Å². The van der Waals surface area contributed by atoms with E-state index in [1.165, 1.54) is 6.33 Å². The van der Waals surface area contributed by atoms with Gasteiger partial charge < -0.3 is 5.32 Å². The van der Waals surface area contributed by atoms with E-state index in [0.717, 1.165) is 17.9 Å². The second-order valence-electron chi connectivity index (χ2n) is 3.48. The van der Waals surface area contributed by atoms with Gasteiger partial charge in [-0.1, -0.05) is 6.58 Å². The molecule has 2 aromatic rings. The molecular formula is C10H14N6. The highest BCUT2D eigenvalue weighted by Crippen LogP contribution is 2.06. The molecule has 0 spiro atoms. The molecule has 0 amide bonds. The third kappa shape index (κ3) is 2.34. The molecule has 2 N–H and O–H groups in total. The first-order valence-corrected chi connectivity index (χ1v) is 5.04. The molecule has 0 aliphatic rings. The number of hydrogen-bond acceptors (Lipinski definition) is 4. The van der Waals surface area contributed by atoms with Gasteiger partial charge in [0, 0.05) is 24.5 Å². The molecule has 2 aromatic heterocycles. The maximum Gasteiger partial charge on any atom is 0.141 e. The predicted molar refractivity (Wildman–Crippen MR) is 60.3 cm³/mol. The van der Waals surface area contributed by atoms with E-state index in [0.29, 0.717) is 0 Å². The maximum atomic E-state index is 4.10. The van der Waals surface area contributed by atoms with Crippen molar-refractivity contribution >= 4 is 6.20 Å². The zero-order chi connectivity index (χ0) is 11.4. The molecule has 2 rings (SSSR count). The first-order chi connectivity index (χ1) is 7.79. The molecule has 6 heteroatoms. The summed E-state index contributed by atoms with van der Waals surface area (Å²) in [6.45, 7) is 6.40. The summed E-state index contributed by atoms with van der Waals surface area (Å²) in [5.74, 6) is 0.830. The Bertz CT molecular complexity index is 444. The Morgan fingerprint density at radius 2 is 2.56 bits per heavy atom. The zero-order valence-corrected chi connectivity index (χ0v) is 9.09. The summed E-state index contributed by atoms with van der Waals surface area (Å²) in [6, 6.07) is 0.134. The predicted octanol–water partition coefficient (Wildman–Crippen LogP) is 0.952. The Balaban J connectivity index is 1.89. The Hall–Kier alpha value is -1.95. The van der Waals surface area contributed by atoms with E-state index < -0.39 is 0 Å². The molecule has 1 unspecified atom stereocenters. The number of aromatic amines is 1. The average molecular weight is 218 g/mol. The first-order valence-electron chi connectivity index (χ1n) is 5.04. The van der Waals surface area contributed by atoms with Gasteiger partial charge in [0.2, 0.25) is 0 Å².